The zero-order chi connectivity index (χ0) is 13.1. The number of nitrogens with zero attached hydrogens (tertiary/aromatic N) is 1. The van der Waals surface area contributed by atoms with Crippen LogP contribution in [0.3, 0.4) is 0 Å². The average molecular weight is 261 g/mol. The molecule has 0 fully saturated rings. The molecule has 0 saturated heterocycles. The fourth-order valence-corrected chi connectivity index (χ4v) is 3.32. The molecule has 1 unspecified atom stereocenters. The van der Waals surface area contributed by atoms with Gasteiger partial charge in [0.1, 0.15) is 10.6 Å². The van der Waals surface area contributed by atoms with E-state index in [9.17, 15) is 8.42 Å². The third kappa shape index (κ3) is 3.27. The Labute approximate surface area is 102 Å². The molecule has 0 saturated carbocycles. The smallest absolute Gasteiger partial charge is 0.246 e. The van der Waals surface area contributed by atoms with Gasteiger partial charge in [-0.15, -0.1) is 0 Å². The molecule has 0 radical (unpaired) electrons. The van der Waals surface area contributed by atoms with Gasteiger partial charge in [-0.2, -0.15) is 0 Å². The van der Waals surface area contributed by atoms with Gasteiger partial charge in [-0.05, 0) is 20.3 Å². The maximum absolute atomic E-state index is 12.1. The highest BCUT2D eigenvalue weighted by Crippen LogP contribution is 2.19. The van der Waals surface area contributed by atoms with Crippen LogP contribution in [-0.2, 0) is 10.0 Å². The van der Waals surface area contributed by atoms with Gasteiger partial charge in [0.2, 0.25) is 10.0 Å². The van der Waals surface area contributed by atoms with E-state index in [-0.39, 0.29) is 17.5 Å². The van der Waals surface area contributed by atoms with Crippen molar-refractivity contribution in [2.75, 3.05) is 6.54 Å². The van der Waals surface area contributed by atoms with Crippen molar-refractivity contribution in [1.29, 1.82) is 0 Å². The van der Waals surface area contributed by atoms with Gasteiger partial charge in [-0.1, -0.05) is 18.5 Å². The van der Waals surface area contributed by atoms with E-state index in [0.717, 1.165) is 6.42 Å². The van der Waals surface area contributed by atoms with E-state index in [1.54, 1.807) is 13.8 Å². The molecule has 0 aliphatic rings. The highest BCUT2D eigenvalue weighted by Gasteiger charge is 2.26. The normalized spacial score (nSPS) is 13.9. The lowest BCUT2D eigenvalue weighted by Gasteiger charge is -2.15. The summed E-state index contributed by atoms with van der Waals surface area (Å²) < 4.78 is 31.7. The molecule has 0 bridgehead atoms. The molecule has 0 aromatic carbocycles. The maximum Gasteiger partial charge on any atom is 0.246 e. The summed E-state index contributed by atoms with van der Waals surface area (Å²) in [5.74, 6) is 0.294. The standard InChI is InChI=1S/C10H19N3O3S/c1-4-5-9(6-11)13-17(14,15)10-7(2)12-16-8(10)3/h9,13H,4-6,11H2,1-3H3. The van der Waals surface area contributed by atoms with Crippen LogP contribution in [-0.4, -0.2) is 26.2 Å². The second-order valence-corrected chi connectivity index (χ2v) is 5.65. The first-order valence-corrected chi connectivity index (χ1v) is 7.06. The van der Waals surface area contributed by atoms with Crippen LogP contribution >= 0.6 is 0 Å². The van der Waals surface area contributed by atoms with E-state index >= 15 is 0 Å². The molecule has 1 heterocycles. The minimum atomic E-state index is -3.60. The van der Waals surface area contributed by atoms with Crippen LogP contribution in [0.4, 0.5) is 0 Å². The van der Waals surface area contributed by atoms with Crippen molar-refractivity contribution in [2.24, 2.45) is 5.73 Å². The zero-order valence-electron chi connectivity index (χ0n) is 10.4. The van der Waals surface area contributed by atoms with E-state index in [1.165, 1.54) is 0 Å². The van der Waals surface area contributed by atoms with E-state index in [4.69, 9.17) is 10.3 Å². The number of aromatic nitrogens is 1. The van der Waals surface area contributed by atoms with E-state index < -0.39 is 10.0 Å². The number of aryl methyl sites for hydroxylation is 2. The van der Waals surface area contributed by atoms with Gasteiger partial charge in [0.15, 0.2) is 5.76 Å². The summed E-state index contributed by atoms with van der Waals surface area (Å²) in [5.41, 5.74) is 5.89. The summed E-state index contributed by atoms with van der Waals surface area (Å²) in [6, 6.07) is -0.251. The second kappa shape index (κ2) is 5.61. The molecule has 17 heavy (non-hydrogen) atoms. The molecule has 1 aromatic heterocycles. The molecule has 7 heteroatoms. The molecule has 1 rings (SSSR count). The van der Waals surface area contributed by atoms with Gasteiger partial charge in [-0.25, -0.2) is 13.1 Å². The molecule has 1 aromatic rings. The SMILES string of the molecule is CCCC(CN)NS(=O)(=O)c1c(C)noc1C. The lowest BCUT2D eigenvalue weighted by atomic mass is 10.2. The minimum Gasteiger partial charge on any atom is -0.360 e. The number of hydrogen-bond acceptors (Lipinski definition) is 5. The average Bonchev–Trinajstić information content (AvgIpc) is 2.58. The van der Waals surface area contributed by atoms with Crippen LogP contribution in [0.1, 0.15) is 31.2 Å². The number of sulfonamides is 1. The van der Waals surface area contributed by atoms with Gasteiger partial charge in [-0.3, -0.25) is 0 Å². The second-order valence-electron chi connectivity index (χ2n) is 4.00. The van der Waals surface area contributed by atoms with Crippen molar-refractivity contribution in [3.63, 3.8) is 0 Å². The molecular weight excluding hydrogens is 242 g/mol. The van der Waals surface area contributed by atoms with Gasteiger partial charge in [0, 0.05) is 12.6 Å². The van der Waals surface area contributed by atoms with Gasteiger partial charge >= 0.3 is 0 Å². The zero-order valence-corrected chi connectivity index (χ0v) is 11.2. The first-order valence-electron chi connectivity index (χ1n) is 5.57. The summed E-state index contributed by atoms with van der Waals surface area (Å²) in [7, 11) is -3.60. The lowest BCUT2D eigenvalue weighted by molar-refractivity contribution is 0.390. The number of rotatable bonds is 6. The number of hydrogen-bond donors (Lipinski definition) is 2. The van der Waals surface area contributed by atoms with E-state index in [0.29, 0.717) is 17.9 Å². The molecule has 1 atom stereocenters. The summed E-state index contributed by atoms with van der Waals surface area (Å²) in [5, 5.41) is 3.64. The Balaban J connectivity index is 2.96. The first kappa shape index (κ1) is 14.1. The predicted molar refractivity (Wildman–Crippen MR) is 64.0 cm³/mol. The Morgan fingerprint density at radius 3 is 2.53 bits per heavy atom. The predicted octanol–water partition coefficient (Wildman–Crippen LogP) is 0.697. The molecule has 0 aliphatic carbocycles. The molecule has 0 amide bonds. The Bertz CT molecular complexity index is 448. The van der Waals surface area contributed by atoms with Gasteiger partial charge in [0.05, 0.1) is 0 Å². The summed E-state index contributed by atoms with van der Waals surface area (Å²) in [6.45, 7) is 5.43. The van der Waals surface area contributed by atoms with Crippen molar-refractivity contribution >= 4 is 10.0 Å². The van der Waals surface area contributed by atoms with Crippen LogP contribution in [0.15, 0.2) is 9.42 Å². The Kier molecular flexibility index (Phi) is 4.67. The molecule has 98 valence electrons. The number of nitrogens with one attached hydrogen (secondary N) is 1. The van der Waals surface area contributed by atoms with Gasteiger partial charge in [0.25, 0.3) is 0 Å². The van der Waals surface area contributed by atoms with Crippen molar-refractivity contribution in [2.45, 2.75) is 44.6 Å². The quantitative estimate of drug-likeness (QED) is 0.785. The molecule has 3 N–H and O–H groups in total. The third-order valence-electron chi connectivity index (χ3n) is 2.48. The number of nitrogens with two attached hydrogens (primary N) is 1. The topological polar surface area (TPSA) is 98.2 Å². The fraction of sp³-hybridized carbons (Fsp3) is 0.700. The Morgan fingerprint density at radius 2 is 2.12 bits per heavy atom. The van der Waals surface area contributed by atoms with Gasteiger partial charge < -0.3 is 10.3 Å². The Morgan fingerprint density at radius 1 is 1.47 bits per heavy atom. The molecule has 0 spiro atoms. The highest BCUT2D eigenvalue weighted by atomic mass is 32.2. The van der Waals surface area contributed by atoms with Crippen LogP contribution in [0, 0.1) is 13.8 Å². The van der Waals surface area contributed by atoms with E-state index in [1.807, 2.05) is 6.92 Å². The van der Waals surface area contributed by atoms with Crippen LogP contribution < -0.4 is 10.5 Å². The summed E-state index contributed by atoms with van der Waals surface area (Å²) >= 11 is 0. The van der Waals surface area contributed by atoms with Crippen molar-refractivity contribution < 1.29 is 12.9 Å². The van der Waals surface area contributed by atoms with Crippen molar-refractivity contribution in [3.8, 4) is 0 Å². The largest absolute Gasteiger partial charge is 0.360 e. The molecule has 0 aliphatic heterocycles. The van der Waals surface area contributed by atoms with Crippen molar-refractivity contribution in [3.05, 3.63) is 11.5 Å². The summed E-state index contributed by atoms with van der Waals surface area (Å²) in [4.78, 5) is 0.118. The summed E-state index contributed by atoms with van der Waals surface area (Å²) in [6.07, 6.45) is 1.57. The molecule has 6 nitrogen and oxygen atoms in total. The first-order chi connectivity index (χ1) is 7.92. The Hall–Kier alpha value is -0.920. The third-order valence-corrected chi connectivity index (χ3v) is 4.24. The minimum absolute atomic E-state index is 0.118. The van der Waals surface area contributed by atoms with E-state index in [2.05, 4.69) is 9.88 Å². The van der Waals surface area contributed by atoms with Crippen LogP contribution in [0.5, 0.6) is 0 Å². The van der Waals surface area contributed by atoms with Crippen molar-refractivity contribution in [1.82, 2.24) is 9.88 Å². The monoisotopic (exact) mass is 261 g/mol. The van der Waals surface area contributed by atoms with Crippen LogP contribution in [0.25, 0.3) is 0 Å². The maximum atomic E-state index is 12.1. The fourth-order valence-electron chi connectivity index (χ4n) is 1.71. The highest BCUT2D eigenvalue weighted by molar-refractivity contribution is 7.89. The van der Waals surface area contributed by atoms with Crippen LogP contribution in [0.2, 0.25) is 0 Å². The lowest BCUT2D eigenvalue weighted by Crippen LogP contribution is -2.40. The molecular formula is C10H19N3O3S.